The number of rotatable bonds is 8. The summed E-state index contributed by atoms with van der Waals surface area (Å²) in [6.07, 6.45) is 2.00. The third-order valence-electron chi connectivity index (χ3n) is 3.76. The SMILES string of the molecule is CCC[C@@H](C)NC(=O)c1ccc(OCc2ccccc2)c(OC)c1. The highest BCUT2D eigenvalue weighted by Gasteiger charge is 2.13. The number of hydrogen-bond donors (Lipinski definition) is 1. The molecule has 1 atom stereocenters. The molecule has 2 aromatic rings. The molecule has 4 nitrogen and oxygen atoms in total. The molecule has 0 heterocycles. The van der Waals surface area contributed by atoms with E-state index >= 15 is 0 Å². The van der Waals surface area contributed by atoms with Gasteiger partial charge in [-0.15, -0.1) is 0 Å². The van der Waals surface area contributed by atoms with Crippen LogP contribution in [0.15, 0.2) is 48.5 Å². The quantitative estimate of drug-likeness (QED) is 0.791. The van der Waals surface area contributed by atoms with Crippen LogP contribution < -0.4 is 14.8 Å². The van der Waals surface area contributed by atoms with Crippen LogP contribution in [0.2, 0.25) is 0 Å². The Balaban J connectivity index is 2.05. The summed E-state index contributed by atoms with van der Waals surface area (Å²) in [4.78, 5) is 12.3. The zero-order chi connectivity index (χ0) is 17.4. The molecule has 128 valence electrons. The molecule has 0 aromatic heterocycles. The van der Waals surface area contributed by atoms with Crippen LogP contribution in [0.4, 0.5) is 0 Å². The normalized spacial score (nSPS) is 11.6. The van der Waals surface area contributed by atoms with E-state index in [1.807, 2.05) is 37.3 Å². The molecule has 0 bridgehead atoms. The van der Waals surface area contributed by atoms with Gasteiger partial charge in [-0.05, 0) is 37.1 Å². The van der Waals surface area contributed by atoms with E-state index in [-0.39, 0.29) is 11.9 Å². The van der Waals surface area contributed by atoms with E-state index in [1.165, 1.54) is 0 Å². The number of amides is 1. The van der Waals surface area contributed by atoms with E-state index in [0.717, 1.165) is 18.4 Å². The minimum atomic E-state index is -0.0936. The van der Waals surface area contributed by atoms with E-state index < -0.39 is 0 Å². The minimum absolute atomic E-state index is 0.0936. The van der Waals surface area contributed by atoms with Crippen molar-refractivity contribution in [1.82, 2.24) is 5.32 Å². The van der Waals surface area contributed by atoms with Gasteiger partial charge in [0.15, 0.2) is 11.5 Å². The van der Waals surface area contributed by atoms with Crippen LogP contribution >= 0.6 is 0 Å². The standard InChI is InChI=1S/C20H25NO3/c1-4-8-15(2)21-20(22)17-11-12-18(19(13-17)23-3)24-14-16-9-6-5-7-10-16/h5-7,9-13,15H,4,8,14H2,1-3H3,(H,21,22)/t15-/m1/s1. The van der Waals surface area contributed by atoms with Gasteiger partial charge < -0.3 is 14.8 Å². The summed E-state index contributed by atoms with van der Waals surface area (Å²) in [7, 11) is 1.58. The molecule has 0 fully saturated rings. The second-order valence-corrected chi connectivity index (χ2v) is 5.80. The maximum absolute atomic E-state index is 12.3. The number of ether oxygens (including phenoxy) is 2. The van der Waals surface area contributed by atoms with Gasteiger partial charge in [-0.3, -0.25) is 4.79 Å². The average molecular weight is 327 g/mol. The lowest BCUT2D eigenvalue weighted by atomic mass is 10.1. The Kier molecular flexibility index (Phi) is 6.67. The van der Waals surface area contributed by atoms with E-state index in [9.17, 15) is 4.79 Å². The molecular weight excluding hydrogens is 302 g/mol. The maximum atomic E-state index is 12.3. The molecule has 2 rings (SSSR count). The summed E-state index contributed by atoms with van der Waals surface area (Å²) in [6.45, 7) is 4.57. The van der Waals surface area contributed by atoms with Crippen molar-refractivity contribution in [3.05, 3.63) is 59.7 Å². The number of nitrogens with one attached hydrogen (secondary N) is 1. The molecule has 0 saturated heterocycles. The Bertz CT molecular complexity index is 655. The number of carbonyl (C=O) groups excluding carboxylic acids is 1. The molecule has 2 aromatic carbocycles. The highest BCUT2D eigenvalue weighted by molar-refractivity contribution is 5.95. The summed E-state index contributed by atoms with van der Waals surface area (Å²) >= 11 is 0. The van der Waals surface area contributed by atoms with Gasteiger partial charge in [0.05, 0.1) is 7.11 Å². The summed E-state index contributed by atoms with van der Waals surface area (Å²) in [5.41, 5.74) is 1.65. The third kappa shape index (κ3) is 5.01. The van der Waals surface area contributed by atoms with Crippen molar-refractivity contribution in [2.45, 2.75) is 39.3 Å². The molecule has 0 aliphatic heterocycles. The van der Waals surface area contributed by atoms with Crippen molar-refractivity contribution in [1.29, 1.82) is 0 Å². The molecule has 1 amide bonds. The number of carbonyl (C=O) groups is 1. The summed E-state index contributed by atoms with van der Waals surface area (Å²) in [5.74, 6) is 1.09. The largest absolute Gasteiger partial charge is 0.493 e. The highest BCUT2D eigenvalue weighted by atomic mass is 16.5. The molecule has 1 N–H and O–H groups in total. The van der Waals surface area contributed by atoms with Gasteiger partial charge in [-0.25, -0.2) is 0 Å². The van der Waals surface area contributed by atoms with E-state index in [4.69, 9.17) is 9.47 Å². The highest BCUT2D eigenvalue weighted by Crippen LogP contribution is 2.29. The Morgan fingerprint density at radius 3 is 2.54 bits per heavy atom. The van der Waals surface area contributed by atoms with Crippen molar-refractivity contribution in [3.8, 4) is 11.5 Å². The molecule has 0 unspecified atom stereocenters. The second kappa shape index (κ2) is 8.96. The zero-order valence-corrected chi connectivity index (χ0v) is 14.5. The van der Waals surface area contributed by atoms with Gasteiger partial charge in [-0.2, -0.15) is 0 Å². The lowest BCUT2D eigenvalue weighted by molar-refractivity contribution is 0.0938. The van der Waals surface area contributed by atoms with Crippen molar-refractivity contribution in [2.75, 3.05) is 7.11 Å². The van der Waals surface area contributed by atoms with Crippen molar-refractivity contribution in [2.24, 2.45) is 0 Å². The molecule has 24 heavy (non-hydrogen) atoms. The Hall–Kier alpha value is -2.49. The van der Waals surface area contributed by atoms with Crippen LogP contribution in [-0.4, -0.2) is 19.1 Å². The number of hydrogen-bond acceptors (Lipinski definition) is 3. The van der Waals surface area contributed by atoms with E-state index in [0.29, 0.717) is 23.7 Å². The first kappa shape index (κ1) is 17.9. The molecule has 0 aliphatic carbocycles. The van der Waals surface area contributed by atoms with Crippen molar-refractivity contribution in [3.63, 3.8) is 0 Å². The van der Waals surface area contributed by atoms with Gasteiger partial charge in [0, 0.05) is 11.6 Å². The smallest absolute Gasteiger partial charge is 0.251 e. The zero-order valence-electron chi connectivity index (χ0n) is 14.5. The van der Waals surface area contributed by atoms with Gasteiger partial charge in [-0.1, -0.05) is 43.7 Å². The van der Waals surface area contributed by atoms with Crippen LogP contribution in [0.3, 0.4) is 0 Å². The fraction of sp³-hybridized carbons (Fsp3) is 0.350. The van der Waals surface area contributed by atoms with Gasteiger partial charge in [0.25, 0.3) is 5.91 Å². The van der Waals surface area contributed by atoms with E-state index in [2.05, 4.69) is 12.2 Å². The van der Waals surface area contributed by atoms with Crippen LogP contribution in [0, 0.1) is 0 Å². The molecule has 0 spiro atoms. The van der Waals surface area contributed by atoms with Crippen molar-refractivity contribution >= 4 is 5.91 Å². The molecule has 0 saturated carbocycles. The summed E-state index contributed by atoms with van der Waals surface area (Å²) < 4.78 is 11.2. The fourth-order valence-electron chi connectivity index (χ4n) is 2.48. The molecule has 0 aliphatic rings. The van der Waals surface area contributed by atoms with Crippen LogP contribution in [-0.2, 0) is 6.61 Å². The Morgan fingerprint density at radius 1 is 1.12 bits per heavy atom. The predicted molar refractivity (Wildman–Crippen MR) is 95.6 cm³/mol. The number of methoxy groups -OCH3 is 1. The lowest BCUT2D eigenvalue weighted by Crippen LogP contribution is -2.32. The minimum Gasteiger partial charge on any atom is -0.493 e. The monoisotopic (exact) mass is 327 g/mol. The average Bonchev–Trinajstić information content (AvgIpc) is 2.60. The Labute approximate surface area is 143 Å². The van der Waals surface area contributed by atoms with Crippen LogP contribution in [0.5, 0.6) is 11.5 Å². The van der Waals surface area contributed by atoms with Gasteiger partial charge in [0.2, 0.25) is 0 Å². The molecule has 4 heteroatoms. The topological polar surface area (TPSA) is 47.6 Å². The predicted octanol–water partition coefficient (Wildman–Crippen LogP) is 4.19. The van der Waals surface area contributed by atoms with E-state index in [1.54, 1.807) is 25.3 Å². The molecule has 0 radical (unpaired) electrons. The lowest BCUT2D eigenvalue weighted by Gasteiger charge is -2.15. The first-order chi connectivity index (χ1) is 11.6. The van der Waals surface area contributed by atoms with Crippen molar-refractivity contribution < 1.29 is 14.3 Å². The van der Waals surface area contributed by atoms with Crippen LogP contribution in [0.1, 0.15) is 42.6 Å². The maximum Gasteiger partial charge on any atom is 0.251 e. The summed E-state index contributed by atoms with van der Waals surface area (Å²) in [5, 5.41) is 2.99. The van der Waals surface area contributed by atoms with Crippen LogP contribution in [0.25, 0.3) is 0 Å². The summed E-state index contributed by atoms with van der Waals surface area (Å²) in [6, 6.07) is 15.3. The second-order valence-electron chi connectivity index (χ2n) is 5.80. The number of benzene rings is 2. The first-order valence-electron chi connectivity index (χ1n) is 8.29. The molecular formula is C20H25NO3. The fourth-order valence-corrected chi connectivity index (χ4v) is 2.48. The van der Waals surface area contributed by atoms with Gasteiger partial charge in [0.1, 0.15) is 6.61 Å². The first-order valence-corrected chi connectivity index (χ1v) is 8.29. The third-order valence-corrected chi connectivity index (χ3v) is 3.76. The van der Waals surface area contributed by atoms with Gasteiger partial charge >= 0.3 is 0 Å². The Morgan fingerprint density at radius 2 is 1.88 bits per heavy atom.